The van der Waals surface area contributed by atoms with Gasteiger partial charge in [0.1, 0.15) is 16.4 Å². The maximum atomic E-state index is 13.3. The molecular weight excluding hydrogens is 463 g/mol. The van der Waals surface area contributed by atoms with Crippen LogP contribution in [-0.2, 0) is 10.0 Å². The second kappa shape index (κ2) is 8.30. The van der Waals surface area contributed by atoms with Gasteiger partial charge in [-0.15, -0.1) is 0 Å². The molecule has 1 heterocycles. The van der Waals surface area contributed by atoms with Crippen LogP contribution < -0.4 is 19.1 Å². The van der Waals surface area contributed by atoms with Gasteiger partial charge in [0.05, 0.1) is 12.8 Å². The van der Waals surface area contributed by atoms with Crippen molar-refractivity contribution >= 4 is 50.5 Å². The standard InChI is InChI=1S/C21H16Cl2N2O5S/c1-29-19-8-6-15(23)11-20(19)31(27,28)25-12-30-18-7-5-13(9-17(18)25)21(26)24-16-4-2-3-14(22)10-16/h2-11H,12H2,1H3,(H,24,26). The van der Waals surface area contributed by atoms with Crippen molar-refractivity contribution in [1.29, 1.82) is 0 Å². The number of carbonyl (C=O) groups is 1. The van der Waals surface area contributed by atoms with Crippen molar-refractivity contribution < 1.29 is 22.7 Å². The highest BCUT2D eigenvalue weighted by Crippen LogP contribution is 2.40. The van der Waals surface area contributed by atoms with E-state index < -0.39 is 15.9 Å². The molecule has 7 nitrogen and oxygen atoms in total. The summed E-state index contributed by atoms with van der Waals surface area (Å²) in [5.74, 6) is 0.0613. The molecule has 0 aliphatic carbocycles. The van der Waals surface area contributed by atoms with Crippen molar-refractivity contribution in [3.63, 3.8) is 0 Å². The minimum atomic E-state index is -4.07. The number of carbonyl (C=O) groups excluding carboxylic acids is 1. The zero-order chi connectivity index (χ0) is 22.2. The molecule has 0 spiro atoms. The first-order chi connectivity index (χ1) is 14.8. The van der Waals surface area contributed by atoms with Crippen LogP contribution in [0.15, 0.2) is 65.6 Å². The lowest BCUT2D eigenvalue weighted by Gasteiger charge is -2.19. The summed E-state index contributed by atoms with van der Waals surface area (Å²) < 4.78 is 38.4. The molecule has 31 heavy (non-hydrogen) atoms. The smallest absolute Gasteiger partial charge is 0.270 e. The predicted octanol–water partition coefficient (Wildman–Crippen LogP) is 4.80. The van der Waals surface area contributed by atoms with Crippen LogP contribution in [0.4, 0.5) is 11.4 Å². The van der Waals surface area contributed by atoms with E-state index >= 15 is 0 Å². The van der Waals surface area contributed by atoms with Crippen LogP contribution in [0.25, 0.3) is 0 Å². The maximum Gasteiger partial charge on any atom is 0.270 e. The monoisotopic (exact) mass is 478 g/mol. The molecule has 4 rings (SSSR count). The van der Waals surface area contributed by atoms with Gasteiger partial charge in [-0.3, -0.25) is 4.79 Å². The molecule has 0 saturated heterocycles. The quantitative estimate of drug-likeness (QED) is 0.569. The minimum Gasteiger partial charge on any atom is -0.495 e. The number of nitrogens with one attached hydrogen (secondary N) is 1. The van der Waals surface area contributed by atoms with Crippen molar-refractivity contribution in [1.82, 2.24) is 0 Å². The number of amides is 1. The van der Waals surface area contributed by atoms with Crippen molar-refractivity contribution in [2.45, 2.75) is 4.90 Å². The SMILES string of the molecule is COc1ccc(Cl)cc1S(=O)(=O)N1COc2ccc(C(=O)Nc3cccc(Cl)c3)cc21. The number of anilines is 2. The van der Waals surface area contributed by atoms with Gasteiger partial charge >= 0.3 is 0 Å². The summed E-state index contributed by atoms with van der Waals surface area (Å²) in [5, 5.41) is 3.46. The van der Waals surface area contributed by atoms with Crippen LogP contribution in [0.1, 0.15) is 10.4 Å². The van der Waals surface area contributed by atoms with E-state index in [0.717, 1.165) is 4.31 Å². The van der Waals surface area contributed by atoms with Gasteiger partial charge in [-0.1, -0.05) is 29.3 Å². The minimum absolute atomic E-state index is 0.104. The fraction of sp³-hybridized carbons (Fsp3) is 0.0952. The molecular formula is C21H16Cl2N2O5S. The Kier molecular flexibility index (Phi) is 5.70. The van der Waals surface area contributed by atoms with Crippen molar-refractivity contribution in [3.8, 4) is 11.5 Å². The van der Waals surface area contributed by atoms with Crippen LogP contribution >= 0.6 is 23.2 Å². The molecule has 1 amide bonds. The molecule has 3 aromatic rings. The van der Waals surface area contributed by atoms with E-state index in [4.69, 9.17) is 32.7 Å². The summed E-state index contributed by atoms with van der Waals surface area (Å²) in [6.07, 6.45) is 0. The van der Waals surface area contributed by atoms with Gasteiger partial charge < -0.3 is 14.8 Å². The Bertz CT molecular complexity index is 1280. The lowest BCUT2D eigenvalue weighted by atomic mass is 10.1. The zero-order valence-electron chi connectivity index (χ0n) is 16.1. The van der Waals surface area contributed by atoms with Gasteiger partial charge in [-0.2, -0.15) is 0 Å². The molecule has 1 N–H and O–H groups in total. The second-order valence-electron chi connectivity index (χ2n) is 6.57. The number of benzene rings is 3. The lowest BCUT2D eigenvalue weighted by Crippen LogP contribution is -2.30. The topological polar surface area (TPSA) is 84.9 Å². The predicted molar refractivity (Wildman–Crippen MR) is 119 cm³/mol. The summed E-state index contributed by atoms with van der Waals surface area (Å²) in [7, 11) is -2.70. The fourth-order valence-electron chi connectivity index (χ4n) is 3.11. The molecule has 1 aliphatic heterocycles. The van der Waals surface area contributed by atoms with Crippen LogP contribution in [0, 0.1) is 0 Å². The van der Waals surface area contributed by atoms with Crippen LogP contribution in [0.5, 0.6) is 11.5 Å². The molecule has 0 fully saturated rings. The average Bonchev–Trinajstić information content (AvgIpc) is 3.18. The number of halogens is 2. The molecule has 1 aliphatic rings. The highest BCUT2D eigenvalue weighted by Gasteiger charge is 2.35. The first-order valence-corrected chi connectivity index (χ1v) is 11.2. The van der Waals surface area contributed by atoms with Crippen molar-refractivity contribution in [2.24, 2.45) is 0 Å². The van der Waals surface area contributed by atoms with Gasteiger partial charge in [0, 0.05) is 21.3 Å². The van der Waals surface area contributed by atoms with Gasteiger partial charge in [0.2, 0.25) is 0 Å². The van der Waals surface area contributed by atoms with Crippen LogP contribution in [0.2, 0.25) is 10.0 Å². The summed E-state index contributed by atoms with van der Waals surface area (Å²) in [5.41, 5.74) is 1.01. The Balaban J connectivity index is 1.68. The number of sulfonamides is 1. The average molecular weight is 479 g/mol. The normalized spacial score (nSPS) is 12.8. The van der Waals surface area contributed by atoms with Gasteiger partial charge in [-0.05, 0) is 54.6 Å². The molecule has 0 saturated carbocycles. The zero-order valence-corrected chi connectivity index (χ0v) is 18.5. The van der Waals surface area contributed by atoms with E-state index in [-0.39, 0.29) is 33.6 Å². The van der Waals surface area contributed by atoms with Crippen LogP contribution in [-0.4, -0.2) is 28.2 Å². The van der Waals surface area contributed by atoms with Crippen LogP contribution in [0.3, 0.4) is 0 Å². The first kappa shape index (κ1) is 21.3. The number of hydrogen-bond acceptors (Lipinski definition) is 5. The van der Waals surface area contributed by atoms with E-state index in [1.807, 2.05) is 0 Å². The number of fused-ring (bicyclic) bond motifs is 1. The molecule has 0 aromatic heterocycles. The number of nitrogens with zero attached hydrogens (tertiary/aromatic N) is 1. The Morgan fingerprint density at radius 2 is 1.84 bits per heavy atom. The number of ether oxygens (including phenoxy) is 2. The number of rotatable bonds is 5. The number of hydrogen-bond donors (Lipinski definition) is 1. The molecule has 0 bridgehead atoms. The van der Waals surface area contributed by atoms with Gasteiger partial charge in [-0.25, -0.2) is 12.7 Å². The van der Waals surface area contributed by atoms with Crippen molar-refractivity contribution in [2.75, 3.05) is 23.5 Å². The summed E-state index contributed by atoms with van der Waals surface area (Å²) in [4.78, 5) is 12.6. The first-order valence-electron chi connectivity index (χ1n) is 8.99. The van der Waals surface area contributed by atoms with Crippen molar-refractivity contribution in [3.05, 3.63) is 76.3 Å². The fourth-order valence-corrected chi connectivity index (χ4v) is 5.05. The molecule has 0 radical (unpaired) electrons. The van der Waals surface area contributed by atoms with E-state index in [2.05, 4.69) is 5.32 Å². The highest BCUT2D eigenvalue weighted by molar-refractivity contribution is 7.93. The Labute approximate surface area is 189 Å². The van der Waals surface area contributed by atoms with E-state index in [9.17, 15) is 13.2 Å². The van der Waals surface area contributed by atoms with E-state index in [0.29, 0.717) is 16.5 Å². The Hall–Kier alpha value is -2.94. The van der Waals surface area contributed by atoms with E-state index in [1.165, 1.54) is 31.4 Å². The summed E-state index contributed by atoms with van der Waals surface area (Å²) in [6.45, 7) is -0.243. The third-order valence-electron chi connectivity index (χ3n) is 4.60. The Morgan fingerprint density at radius 1 is 1.06 bits per heavy atom. The molecule has 10 heteroatoms. The Morgan fingerprint density at radius 3 is 2.58 bits per heavy atom. The maximum absolute atomic E-state index is 13.3. The lowest BCUT2D eigenvalue weighted by molar-refractivity contribution is 0.102. The van der Waals surface area contributed by atoms with E-state index in [1.54, 1.807) is 36.4 Å². The van der Waals surface area contributed by atoms with Gasteiger partial charge in [0.15, 0.2) is 6.73 Å². The molecule has 3 aromatic carbocycles. The highest BCUT2D eigenvalue weighted by atomic mass is 35.5. The molecule has 0 atom stereocenters. The third-order valence-corrected chi connectivity index (χ3v) is 6.83. The molecule has 0 unspecified atom stereocenters. The third kappa shape index (κ3) is 4.14. The largest absolute Gasteiger partial charge is 0.495 e. The molecule has 160 valence electrons. The number of methoxy groups -OCH3 is 1. The van der Waals surface area contributed by atoms with Gasteiger partial charge in [0.25, 0.3) is 15.9 Å². The second-order valence-corrected chi connectivity index (χ2v) is 9.27. The summed E-state index contributed by atoms with van der Waals surface area (Å²) >= 11 is 12.0. The summed E-state index contributed by atoms with van der Waals surface area (Å²) in [6, 6.07) is 15.6.